The molecule has 3 atom stereocenters. The second kappa shape index (κ2) is 38.0. The van der Waals surface area contributed by atoms with Crippen molar-refractivity contribution < 1.29 is 52.6 Å². The van der Waals surface area contributed by atoms with Crippen molar-refractivity contribution in [2.24, 2.45) is 0 Å². The number of ether oxygens (including phenoxy) is 2. The van der Waals surface area contributed by atoms with Crippen molar-refractivity contribution in [3.05, 3.63) is 24.3 Å². The number of carbonyl (C=O) groups excluding carboxylic acids is 3. The SMILES string of the molecule is CCCCCCCCCCCCCCCCCC(=O)OC[C@H](COP(=O)(O)OC[C@@H](O)CO)OC(=O)CCCCCCC/C=C\C=C\C(=O)CCCCC. The minimum absolute atomic E-state index is 0.135. The first-order chi connectivity index (χ1) is 26.1. The lowest BCUT2D eigenvalue weighted by Gasteiger charge is -2.20. The molecule has 0 radical (unpaired) electrons. The molecule has 0 aromatic heterocycles. The molecule has 0 spiro atoms. The van der Waals surface area contributed by atoms with E-state index < -0.39 is 51.8 Å². The van der Waals surface area contributed by atoms with E-state index >= 15 is 0 Å². The number of rotatable bonds is 40. The maximum Gasteiger partial charge on any atom is 0.472 e. The quantitative estimate of drug-likeness (QED) is 0.0178. The maximum absolute atomic E-state index is 12.6. The van der Waals surface area contributed by atoms with E-state index in [1.165, 1.54) is 70.6 Å². The van der Waals surface area contributed by atoms with E-state index in [0.717, 1.165) is 70.6 Å². The molecule has 0 aromatic rings. The van der Waals surface area contributed by atoms with E-state index in [0.29, 0.717) is 19.3 Å². The molecular weight excluding hydrogens is 711 g/mol. The lowest BCUT2D eigenvalue weighted by Crippen LogP contribution is -2.29. The van der Waals surface area contributed by atoms with Crippen molar-refractivity contribution in [1.29, 1.82) is 0 Å². The third-order valence-corrected chi connectivity index (χ3v) is 10.0. The molecule has 316 valence electrons. The fourth-order valence-corrected chi connectivity index (χ4v) is 6.53. The molecule has 1 unspecified atom stereocenters. The van der Waals surface area contributed by atoms with Gasteiger partial charge in [0.15, 0.2) is 11.9 Å². The minimum Gasteiger partial charge on any atom is -0.462 e. The average molecular weight is 789 g/mol. The molecule has 0 fully saturated rings. The van der Waals surface area contributed by atoms with Crippen molar-refractivity contribution in [3.8, 4) is 0 Å². The second-order valence-corrected chi connectivity index (χ2v) is 15.9. The van der Waals surface area contributed by atoms with Crippen LogP contribution in [0.3, 0.4) is 0 Å². The number of hydrogen-bond acceptors (Lipinski definition) is 10. The number of allylic oxidation sites excluding steroid dienone is 4. The summed E-state index contributed by atoms with van der Waals surface area (Å²) in [7, 11) is -4.63. The third-order valence-electron chi connectivity index (χ3n) is 9.08. The van der Waals surface area contributed by atoms with Gasteiger partial charge in [-0.1, -0.05) is 154 Å². The Morgan fingerprint density at radius 1 is 0.593 bits per heavy atom. The molecule has 54 heavy (non-hydrogen) atoms. The molecule has 12 heteroatoms. The van der Waals surface area contributed by atoms with Crippen LogP contribution in [0.25, 0.3) is 0 Å². The molecule has 0 aromatic carbocycles. The number of aliphatic hydroxyl groups is 2. The van der Waals surface area contributed by atoms with Crippen molar-refractivity contribution in [3.63, 3.8) is 0 Å². The zero-order valence-corrected chi connectivity index (χ0v) is 34.8. The van der Waals surface area contributed by atoms with E-state index in [2.05, 4.69) is 18.4 Å². The van der Waals surface area contributed by atoms with Crippen molar-refractivity contribution >= 4 is 25.5 Å². The van der Waals surface area contributed by atoms with Gasteiger partial charge in [-0.05, 0) is 38.2 Å². The molecule has 0 aliphatic rings. The monoisotopic (exact) mass is 789 g/mol. The van der Waals surface area contributed by atoms with Gasteiger partial charge in [-0.3, -0.25) is 23.4 Å². The Balaban J connectivity index is 4.36. The predicted octanol–water partition coefficient (Wildman–Crippen LogP) is 10.2. The highest BCUT2D eigenvalue weighted by atomic mass is 31.2. The summed E-state index contributed by atoms with van der Waals surface area (Å²) in [4.78, 5) is 46.7. The van der Waals surface area contributed by atoms with Gasteiger partial charge in [-0.15, -0.1) is 0 Å². The first-order valence-corrected chi connectivity index (χ1v) is 22.7. The Kier molecular flexibility index (Phi) is 36.7. The second-order valence-electron chi connectivity index (χ2n) is 14.4. The standard InChI is InChI=1S/C42H77O11P/c1-3-5-7-8-9-10-11-12-13-14-15-18-21-24-28-32-41(46)50-36-40(37-52-54(48,49)51-35-39(45)34-43)53-42(47)33-29-25-22-19-16-17-20-23-27-31-38(44)30-26-6-4-2/h20,23,27,31,39-40,43,45H,3-19,21-22,24-26,28-30,32-37H2,1-2H3,(H,48,49)/b23-20-,31-27+/t39-,40+/m0/s1. The molecule has 3 N–H and O–H groups in total. The van der Waals surface area contributed by atoms with Crippen molar-refractivity contribution in [2.45, 2.75) is 199 Å². The number of phosphoric acid groups is 1. The van der Waals surface area contributed by atoms with Gasteiger partial charge in [-0.2, -0.15) is 0 Å². The molecule has 0 heterocycles. The van der Waals surface area contributed by atoms with Crippen LogP contribution in [-0.2, 0) is 37.5 Å². The van der Waals surface area contributed by atoms with E-state index in [-0.39, 0.29) is 25.2 Å². The number of carbonyl (C=O) groups is 3. The summed E-state index contributed by atoms with van der Waals surface area (Å²) in [6, 6.07) is 0. The van der Waals surface area contributed by atoms with Crippen molar-refractivity contribution in [2.75, 3.05) is 26.4 Å². The highest BCUT2D eigenvalue weighted by molar-refractivity contribution is 7.47. The zero-order chi connectivity index (χ0) is 40.0. The van der Waals surface area contributed by atoms with Crippen LogP contribution in [0, 0.1) is 0 Å². The number of ketones is 1. The van der Waals surface area contributed by atoms with Crippen LogP contribution >= 0.6 is 7.82 Å². The summed E-state index contributed by atoms with van der Waals surface area (Å²) in [6.45, 7) is 2.18. The normalized spacial score (nSPS) is 14.0. The molecular formula is C42H77O11P. The van der Waals surface area contributed by atoms with Crippen LogP contribution in [0.1, 0.15) is 187 Å². The van der Waals surface area contributed by atoms with Crippen LogP contribution in [-0.4, -0.2) is 71.5 Å². The molecule has 0 rings (SSSR count). The summed E-state index contributed by atoms with van der Waals surface area (Å²) < 4.78 is 32.6. The van der Waals surface area contributed by atoms with E-state index in [1.54, 1.807) is 12.2 Å². The zero-order valence-electron chi connectivity index (χ0n) is 33.9. The molecule has 0 aliphatic heterocycles. The summed E-state index contributed by atoms with van der Waals surface area (Å²) in [5, 5.41) is 18.3. The first kappa shape index (κ1) is 52.1. The average Bonchev–Trinajstić information content (AvgIpc) is 3.15. The molecule has 11 nitrogen and oxygen atoms in total. The Bertz CT molecular complexity index is 1020. The highest BCUT2D eigenvalue weighted by Gasteiger charge is 2.27. The number of esters is 2. The maximum atomic E-state index is 12.6. The van der Waals surface area contributed by atoms with E-state index in [4.69, 9.17) is 19.1 Å². The Morgan fingerprint density at radius 3 is 1.61 bits per heavy atom. The number of unbranched alkanes of at least 4 members (excludes halogenated alkanes) is 21. The number of aliphatic hydroxyl groups excluding tert-OH is 2. The third kappa shape index (κ3) is 37.1. The molecule has 0 amide bonds. The molecule has 0 aliphatic carbocycles. The predicted molar refractivity (Wildman–Crippen MR) is 215 cm³/mol. The topological polar surface area (TPSA) is 166 Å². The van der Waals surface area contributed by atoms with Gasteiger partial charge < -0.3 is 24.6 Å². The van der Waals surface area contributed by atoms with Gasteiger partial charge in [0.1, 0.15) is 12.7 Å². The largest absolute Gasteiger partial charge is 0.472 e. The van der Waals surface area contributed by atoms with Crippen LogP contribution in [0.2, 0.25) is 0 Å². The van der Waals surface area contributed by atoms with Crippen LogP contribution in [0.5, 0.6) is 0 Å². The van der Waals surface area contributed by atoms with Crippen LogP contribution < -0.4 is 0 Å². The molecule has 0 bridgehead atoms. The van der Waals surface area contributed by atoms with Gasteiger partial charge in [0.2, 0.25) is 0 Å². The smallest absolute Gasteiger partial charge is 0.462 e. The Hall–Kier alpha value is -1.88. The van der Waals surface area contributed by atoms with Crippen LogP contribution in [0.4, 0.5) is 0 Å². The van der Waals surface area contributed by atoms with Crippen molar-refractivity contribution in [1.82, 2.24) is 0 Å². The lowest BCUT2D eigenvalue weighted by atomic mass is 10.0. The summed E-state index contributed by atoms with van der Waals surface area (Å²) in [6.07, 6.45) is 32.6. The van der Waals surface area contributed by atoms with Gasteiger partial charge >= 0.3 is 19.8 Å². The van der Waals surface area contributed by atoms with Gasteiger partial charge in [-0.25, -0.2) is 4.57 Å². The summed E-state index contributed by atoms with van der Waals surface area (Å²) in [5.41, 5.74) is 0. The highest BCUT2D eigenvalue weighted by Crippen LogP contribution is 2.43. The summed E-state index contributed by atoms with van der Waals surface area (Å²) >= 11 is 0. The molecule has 0 saturated heterocycles. The Morgan fingerprint density at radius 2 is 1.06 bits per heavy atom. The number of phosphoric ester groups is 1. The fraction of sp³-hybridized carbons (Fsp3) is 0.833. The minimum atomic E-state index is -4.63. The number of hydrogen-bond donors (Lipinski definition) is 3. The van der Waals surface area contributed by atoms with Gasteiger partial charge in [0.25, 0.3) is 0 Å². The molecule has 0 saturated carbocycles. The van der Waals surface area contributed by atoms with Gasteiger partial charge in [0.05, 0.1) is 19.8 Å². The van der Waals surface area contributed by atoms with Gasteiger partial charge in [0, 0.05) is 19.3 Å². The van der Waals surface area contributed by atoms with E-state index in [9.17, 15) is 28.9 Å². The fourth-order valence-electron chi connectivity index (χ4n) is 5.74. The summed E-state index contributed by atoms with van der Waals surface area (Å²) in [5.74, 6) is -0.818. The van der Waals surface area contributed by atoms with E-state index in [1.807, 2.05) is 12.2 Å². The van der Waals surface area contributed by atoms with Crippen LogP contribution in [0.15, 0.2) is 24.3 Å². The Labute approximate surface area is 327 Å². The lowest BCUT2D eigenvalue weighted by molar-refractivity contribution is -0.161. The first-order valence-electron chi connectivity index (χ1n) is 21.2.